The normalized spacial score (nSPS) is 13.0. The number of rotatable bonds is 2. The molecule has 0 saturated carbocycles. The first-order valence-corrected chi connectivity index (χ1v) is 6.32. The number of para-hydroxylation sites is 1. The Kier molecular flexibility index (Phi) is 3.39. The Bertz CT molecular complexity index is 741. The van der Waals surface area contributed by atoms with Gasteiger partial charge >= 0.3 is 0 Å². The third-order valence-electron chi connectivity index (χ3n) is 3.10. The molecule has 1 aliphatic rings. The summed E-state index contributed by atoms with van der Waals surface area (Å²) >= 11 is 0. The topological polar surface area (TPSA) is 38.3 Å². The number of benzene rings is 2. The van der Waals surface area contributed by atoms with E-state index >= 15 is 0 Å². The van der Waals surface area contributed by atoms with E-state index in [0.717, 1.165) is 17.7 Å². The van der Waals surface area contributed by atoms with E-state index < -0.39 is 17.5 Å². The summed E-state index contributed by atoms with van der Waals surface area (Å²) in [6.07, 6.45) is 1.69. The molecule has 106 valence electrons. The summed E-state index contributed by atoms with van der Waals surface area (Å²) in [4.78, 5) is 12.1. The number of hydrogen-bond acceptors (Lipinski definition) is 2. The van der Waals surface area contributed by atoms with Gasteiger partial charge in [0.25, 0.3) is 5.91 Å². The number of ether oxygens (including phenoxy) is 1. The van der Waals surface area contributed by atoms with Gasteiger partial charge in [0.2, 0.25) is 0 Å². The van der Waals surface area contributed by atoms with Crippen LogP contribution in [0, 0.1) is 11.6 Å². The molecule has 21 heavy (non-hydrogen) atoms. The maximum atomic E-state index is 13.5. The molecule has 1 amide bonds. The highest BCUT2D eigenvalue weighted by atomic mass is 19.1. The van der Waals surface area contributed by atoms with Gasteiger partial charge in [-0.05, 0) is 24.3 Å². The van der Waals surface area contributed by atoms with Crippen LogP contribution in [-0.4, -0.2) is 12.5 Å². The molecule has 0 aliphatic carbocycles. The summed E-state index contributed by atoms with van der Waals surface area (Å²) in [5, 5.41) is 2.41. The predicted octanol–water partition coefficient (Wildman–Crippen LogP) is 3.38. The summed E-state index contributed by atoms with van der Waals surface area (Å²) in [6.45, 7) is 0.103. The van der Waals surface area contributed by atoms with E-state index in [1.165, 1.54) is 6.07 Å². The quantitative estimate of drug-likeness (QED) is 0.919. The Morgan fingerprint density at radius 3 is 2.76 bits per heavy atom. The van der Waals surface area contributed by atoms with Crippen LogP contribution < -0.4 is 10.1 Å². The second-order valence-corrected chi connectivity index (χ2v) is 4.57. The van der Waals surface area contributed by atoms with Crippen LogP contribution in [0.1, 0.15) is 5.56 Å². The van der Waals surface area contributed by atoms with Crippen LogP contribution in [0.25, 0.3) is 6.08 Å². The molecule has 1 aliphatic heterocycles. The minimum atomic E-state index is -0.818. The monoisotopic (exact) mass is 287 g/mol. The van der Waals surface area contributed by atoms with E-state index in [0.29, 0.717) is 11.3 Å². The summed E-state index contributed by atoms with van der Waals surface area (Å²) in [5.74, 6) is -1.29. The van der Waals surface area contributed by atoms with Crippen molar-refractivity contribution in [1.29, 1.82) is 0 Å². The maximum Gasteiger partial charge on any atom is 0.255 e. The van der Waals surface area contributed by atoms with Gasteiger partial charge in [0.1, 0.15) is 24.0 Å². The van der Waals surface area contributed by atoms with Crippen LogP contribution >= 0.6 is 0 Å². The van der Waals surface area contributed by atoms with Gasteiger partial charge in [0.05, 0.1) is 11.3 Å². The fourth-order valence-electron chi connectivity index (χ4n) is 2.04. The predicted molar refractivity (Wildman–Crippen MR) is 74.9 cm³/mol. The van der Waals surface area contributed by atoms with E-state index in [-0.39, 0.29) is 12.3 Å². The molecule has 1 N–H and O–H groups in total. The molecule has 0 unspecified atom stereocenters. The van der Waals surface area contributed by atoms with Crippen molar-refractivity contribution in [3.63, 3.8) is 0 Å². The lowest BCUT2D eigenvalue weighted by atomic mass is 10.1. The average molecular weight is 287 g/mol. The van der Waals surface area contributed by atoms with Crippen LogP contribution in [-0.2, 0) is 4.79 Å². The maximum absolute atomic E-state index is 13.5. The van der Waals surface area contributed by atoms with Crippen molar-refractivity contribution in [2.24, 2.45) is 0 Å². The lowest BCUT2D eigenvalue weighted by molar-refractivity contribution is -0.113. The van der Waals surface area contributed by atoms with Crippen molar-refractivity contribution in [3.05, 3.63) is 65.2 Å². The van der Waals surface area contributed by atoms with Crippen molar-refractivity contribution >= 4 is 17.7 Å². The second-order valence-electron chi connectivity index (χ2n) is 4.57. The van der Waals surface area contributed by atoms with Crippen molar-refractivity contribution in [2.75, 3.05) is 11.9 Å². The molecule has 0 bridgehead atoms. The lowest BCUT2D eigenvalue weighted by Crippen LogP contribution is -2.21. The third kappa shape index (κ3) is 2.76. The van der Waals surface area contributed by atoms with Crippen molar-refractivity contribution < 1.29 is 18.3 Å². The Balaban J connectivity index is 1.82. The van der Waals surface area contributed by atoms with Crippen LogP contribution in [0.5, 0.6) is 5.75 Å². The largest absolute Gasteiger partial charge is 0.488 e. The number of carbonyl (C=O) groups is 1. The first kappa shape index (κ1) is 13.3. The summed E-state index contributed by atoms with van der Waals surface area (Å²) in [7, 11) is 0. The molecule has 3 rings (SSSR count). The molecule has 0 atom stereocenters. The van der Waals surface area contributed by atoms with Crippen molar-refractivity contribution in [3.8, 4) is 5.75 Å². The molecular formula is C16H11F2NO2. The van der Waals surface area contributed by atoms with Gasteiger partial charge in [0, 0.05) is 11.6 Å². The van der Waals surface area contributed by atoms with Gasteiger partial charge in [-0.15, -0.1) is 0 Å². The second kappa shape index (κ2) is 5.36. The van der Waals surface area contributed by atoms with Gasteiger partial charge in [-0.3, -0.25) is 4.79 Å². The number of halogens is 2. The molecule has 2 aromatic carbocycles. The van der Waals surface area contributed by atoms with Crippen LogP contribution in [0.2, 0.25) is 0 Å². The van der Waals surface area contributed by atoms with Crippen molar-refractivity contribution in [2.45, 2.75) is 0 Å². The zero-order chi connectivity index (χ0) is 14.8. The number of amides is 1. The smallest absolute Gasteiger partial charge is 0.255 e. The van der Waals surface area contributed by atoms with Gasteiger partial charge in [-0.2, -0.15) is 0 Å². The number of nitrogens with one attached hydrogen (secondary N) is 1. The Morgan fingerprint density at radius 2 is 1.95 bits per heavy atom. The first-order valence-electron chi connectivity index (χ1n) is 6.32. The van der Waals surface area contributed by atoms with Gasteiger partial charge in [-0.25, -0.2) is 8.78 Å². The average Bonchev–Trinajstić information content (AvgIpc) is 2.49. The molecule has 2 aromatic rings. The number of fused-ring (bicyclic) bond motifs is 1. The summed E-state index contributed by atoms with van der Waals surface area (Å²) < 4.78 is 31.8. The van der Waals surface area contributed by atoms with E-state index in [4.69, 9.17) is 4.74 Å². The molecule has 1 heterocycles. The molecule has 0 spiro atoms. The van der Waals surface area contributed by atoms with Gasteiger partial charge < -0.3 is 10.1 Å². The lowest BCUT2D eigenvalue weighted by Gasteiger charge is -2.17. The van der Waals surface area contributed by atoms with E-state index in [1.54, 1.807) is 12.1 Å². The Morgan fingerprint density at radius 1 is 1.14 bits per heavy atom. The fraction of sp³-hybridized carbons (Fsp3) is 0.0625. The molecule has 0 fully saturated rings. The van der Waals surface area contributed by atoms with Crippen LogP contribution in [0.15, 0.2) is 48.0 Å². The number of anilines is 1. The Hall–Kier alpha value is -2.69. The molecule has 5 heteroatoms. The SMILES string of the molecule is O=C(Nc1ccc(F)cc1F)C1=Cc2ccccc2OC1. The molecule has 0 saturated heterocycles. The zero-order valence-electron chi connectivity index (χ0n) is 10.9. The highest BCUT2D eigenvalue weighted by Crippen LogP contribution is 2.26. The van der Waals surface area contributed by atoms with Gasteiger partial charge in [0.15, 0.2) is 0 Å². The third-order valence-corrected chi connectivity index (χ3v) is 3.10. The van der Waals surface area contributed by atoms with E-state index in [9.17, 15) is 13.6 Å². The minimum absolute atomic E-state index is 0.0684. The minimum Gasteiger partial charge on any atom is -0.488 e. The fourth-order valence-corrected chi connectivity index (χ4v) is 2.04. The molecule has 3 nitrogen and oxygen atoms in total. The summed E-state index contributed by atoms with van der Waals surface area (Å²) in [5.41, 5.74) is 1.09. The zero-order valence-corrected chi connectivity index (χ0v) is 10.9. The van der Waals surface area contributed by atoms with E-state index in [2.05, 4.69) is 5.32 Å². The molecular weight excluding hydrogens is 276 g/mol. The standard InChI is InChI=1S/C16H11F2NO2/c17-12-5-6-14(13(18)8-12)19-16(20)11-7-10-3-1-2-4-15(10)21-9-11/h1-8H,9H2,(H,19,20). The Labute approximate surface area is 119 Å². The number of carbonyl (C=O) groups excluding carboxylic acids is 1. The highest BCUT2D eigenvalue weighted by Gasteiger charge is 2.18. The molecule has 0 radical (unpaired) electrons. The van der Waals surface area contributed by atoms with Gasteiger partial charge in [-0.1, -0.05) is 18.2 Å². The van der Waals surface area contributed by atoms with Crippen molar-refractivity contribution in [1.82, 2.24) is 0 Å². The molecule has 0 aromatic heterocycles. The van der Waals surface area contributed by atoms with Crippen LogP contribution in [0.3, 0.4) is 0 Å². The van der Waals surface area contributed by atoms with Crippen LogP contribution in [0.4, 0.5) is 14.5 Å². The van der Waals surface area contributed by atoms with E-state index in [1.807, 2.05) is 18.2 Å². The highest BCUT2D eigenvalue weighted by molar-refractivity contribution is 6.07. The first-order chi connectivity index (χ1) is 10.1. The summed E-state index contributed by atoms with van der Waals surface area (Å²) in [6, 6.07) is 10.3. The number of hydrogen-bond donors (Lipinski definition) is 1.